The number of aliphatic hydroxyl groups is 2. The summed E-state index contributed by atoms with van der Waals surface area (Å²) in [5, 5.41) is 31.5. The van der Waals surface area contributed by atoms with E-state index in [4.69, 9.17) is 63.5 Å². The molecule has 0 bridgehead atoms. The topological polar surface area (TPSA) is 221 Å². The second-order valence-corrected chi connectivity index (χ2v) is 4.86. The number of ether oxygens (including phenoxy) is 3. The summed E-state index contributed by atoms with van der Waals surface area (Å²) in [6.45, 7) is 4.93. The van der Waals surface area contributed by atoms with E-state index in [0.717, 1.165) is 13.8 Å². The van der Waals surface area contributed by atoms with Gasteiger partial charge in [0.25, 0.3) is 11.9 Å². The van der Waals surface area contributed by atoms with Gasteiger partial charge in [-0.05, 0) is 0 Å². The number of carbonyl (C=O) groups is 2. The fraction of sp³-hybridized carbons (Fsp3) is 0.833. The van der Waals surface area contributed by atoms with Gasteiger partial charge in [-0.3, -0.25) is 9.59 Å². The molecule has 0 saturated heterocycles. The smallest absolute Gasteiger partial charge is 0.466 e. The van der Waals surface area contributed by atoms with Gasteiger partial charge < -0.3 is 49.3 Å². The monoisotopic (exact) mass is 412 g/mol. The van der Waals surface area contributed by atoms with E-state index in [2.05, 4.69) is 0 Å². The quantitative estimate of drug-likeness (QED) is 0.157. The number of carboxylic acid groups (broad SMARTS) is 2. The molecule has 0 atom stereocenters. The van der Waals surface area contributed by atoms with Crippen LogP contribution in [-0.2, 0) is 28.4 Å². The van der Waals surface area contributed by atoms with Gasteiger partial charge in [0.15, 0.2) is 0 Å². The van der Waals surface area contributed by atoms with Gasteiger partial charge in [0, 0.05) is 13.8 Å². The van der Waals surface area contributed by atoms with Gasteiger partial charge in [-0.15, -0.1) is 0 Å². The van der Waals surface area contributed by atoms with Gasteiger partial charge in [0.1, 0.15) is 0 Å². The van der Waals surface area contributed by atoms with E-state index in [1.807, 2.05) is 0 Å². The van der Waals surface area contributed by atoms with E-state index in [9.17, 15) is 0 Å². The number of aliphatic carboxylic acids is 2. The molecule has 0 rings (SSSR count). The summed E-state index contributed by atoms with van der Waals surface area (Å²) >= 11 is 0. The van der Waals surface area contributed by atoms with Gasteiger partial charge in [0.2, 0.25) is 0 Å². The highest BCUT2D eigenvalue weighted by Crippen LogP contribution is 2.25. The second-order valence-electron chi connectivity index (χ2n) is 3.84. The Kier molecular flexibility index (Phi) is 32.6. The van der Waals surface area contributed by atoms with Gasteiger partial charge in [0.05, 0.1) is 52.9 Å². The van der Waals surface area contributed by atoms with Crippen molar-refractivity contribution < 1.29 is 63.5 Å². The zero-order valence-corrected chi connectivity index (χ0v) is 15.6. The van der Waals surface area contributed by atoms with Gasteiger partial charge >= 0.3 is 7.82 Å². The van der Waals surface area contributed by atoms with Crippen LogP contribution in [0.1, 0.15) is 13.8 Å². The standard InChI is InChI=1S/C8H18O5.2C2H4O2.H3O4P/c9-1-3-11-5-7-13-8-6-12-4-2-10;2*1-2(3)4;1-5(2,3)4/h9-10H,1-8H2;2*1H3,(H,3,4);(H3,1,2,3,4). The van der Waals surface area contributed by atoms with E-state index in [1.165, 1.54) is 0 Å². The number of rotatable bonds is 10. The molecule has 0 aliphatic carbocycles. The molecule has 0 unspecified atom stereocenters. The summed E-state index contributed by atoms with van der Waals surface area (Å²) in [4.78, 5) is 39.6. The first-order valence-corrected chi connectivity index (χ1v) is 8.57. The largest absolute Gasteiger partial charge is 0.481 e. The molecule has 13 nitrogen and oxygen atoms in total. The molecule has 0 saturated carbocycles. The highest BCUT2D eigenvalue weighted by molar-refractivity contribution is 7.45. The molecular weight excluding hydrogens is 383 g/mol. The molecule has 0 fully saturated rings. The van der Waals surface area contributed by atoms with Gasteiger partial charge in [-0.2, -0.15) is 0 Å². The lowest BCUT2D eigenvalue weighted by Crippen LogP contribution is -2.11. The van der Waals surface area contributed by atoms with Crippen LogP contribution in [0.5, 0.6) is 0 Å². The predicted molar refractivity (Wildman–Crippen MR) is 87.5 cm³/mol. The molecule has 26 heavy (non-hydrogen) atoms. The Balaban J connectivity index is -0.000000152. The van der Waals surface area contributed by atoms with Crippen LogP contribution < -0.4 is 0 Å². The minimum Gasteiger partial charge on any atom is -0.481 e. The second kappa shape index (κ2) is 26.1. The normalized spacial score (nSPS) is 9.50. The highest BCUT2D eigenvalue weighted by Gasteiger charge is 2.00. The van der Waals surface area contributed by atoms with E-state index in [0.29, 0.717) is 39.6 Å². The van der Waals surface area contributed by atoms with Crippen LogP contribution in [0.3, 0.4) is 0 Å². The van der Waals surface area contributed by atoms with Crippen molar-refractivity contribution in [3.63, 3.8) is 0 Å². The Morgan fingerprint density at radius 1 is 0.692 bits per heavy atom. The van der Waals surface area contributed by atoms with Crippen LogP contribution in [0.15, 0.2) is 0 Å². The van der Waals surface area contributed by atoms with Crippen LogP contribution in [-0.4, -0.2) is 99.9 Å². The number of aliphatic hydroxyl groups excluding tert-OH is 2. The first kappa shape index (κ1) is 32.5. The van der Waals surface area contributed by atoms with Crippen molar-refractivity contribution in [3.8, 4) is 0 Å². The fourth-order valence-corrected chi connectivity index (χ4v) is 0.671. The minimum absolute atomic E-state index is 0.0413. The lowest BCUT2D eigenvalue weighted by Gasteiger charge is -2.04. The minimum atomic E-state index is -4.64. The summed E-state index contributed by atoms with van der Waals surface area (Å²) in [5.41, 5.74) is 0. The molecule has 0 aromatic carbocycles. The molecule has 0 aromatic rings. The summed E-state index contributed by atoms with van der Waals surface area (Å²) in [6, 6.07) is 0. The van der Waals surface area contributed by atoms with Crippen molar-refractivity contribution >= 4 is 19.8 Å². The number of hydrogen-bond acceptors (Lipinski definition) is 8. The average Bonchev–Trinajstić information content (AvgIpc) is 2.42. The zero-order valence-electron chi connectivity index (χ0n) is 14.7. The molecule has 0 amide bonds. The Bertz CT molecular complexity index is 306. The third-order valence-corrected chi connectivity index (χ3v) is 1.22. The van der Waals surface area contributed by atoms with Crippen LogP contribution in [0.25, 0.3) is 0 Å². The first-order chi connectivity index (χ1) is 11.9. The van der Waals surface area contributed by atoms with Crippen LogP contribution in [0.2, 0.25) is 0 Å². The van der Waals surface area contributed by atoms with Crippen molar-refractivity contribution in [2.75, 3.05) is 52.9 Å². The van der Waals surface area contributed by atoms with Gasteiger partial charge in [-0.1, -0.05) is 0 Å². The van der Waals surface area contributed by atoms with E-state index in [-0.39, 0.29) is 13.2 Å². The molecule has 0 spiro atoms. The average molecular weight is 412 g/mol. The van der Waals surface area contributed by atoms with Crippen molar-refractivity contribution in [2.24, 2.45) is 0 Å². The molecule has 14 heteroatoms. The highest BCUT2D eigenvalue weighted by atomic mass is 31.2. The van der Waals surface area contributed by atoms with Crippen LogP contribution in [0.4, 0.5) is 0 Å². The molecular formula is C12H29O13P. The van der Waals surface area contributed by atoms with Crippen molar-refractivity contribution in [3.05, 3.63) is 0 Å². The predicted octanol–water partition coefficient (Wildman–Crippen LogP) is -1.73. The maximum absolute atomic E-state index is 9.00. The molecule has 0 heterocycles. The summed E-state index contributed by atoms with van der Waals surface area (Å²) in [6.07, 6.45) is 0. The first-order valence-electron chi connectivity index (χ1n) is 7.00. The van der Waals surface area contributed by atoms with E-state index in [1.54, 1.807) is 0 Å². The fourth-order valence-electron chi connectivity index (χ4n) is 0.671. The summed E-state index contributed by atoms with van der Waals surface area (Å²) in [5.74, 6) is -1.67. The third kappa shape index (κ3) is 139. The number of carboxylic acids is 2. The summed E-state index contributed by atoms with van der Waals surface area (Å²) in [7, 11) is -4.64. The molecule has 0 aliphatic rings. The Hall–Kier alpha value is -1.15. The van der Waals surface area contributed by atoms with Crippen molar-refractivity contribution in [1.29, 1.82) is 0 Å². The van der Waals surface area contributed by atoms with E-state index < -0.39 is 19.8 Å². The number of phosphoric acid groups is 1. The Labute approximate surface area is 151 Å². The zero-order chi connectivity index (χ0) is 21.4. The van der Waals surface area contributed by atoms with E-state index >= 15 is 0 Å². The summed E-state index contributed by atoms with van der Waals surface area (Å²) < 4.78 is 23.9. The Morgan fingerprint density at radius 3 is 1.00 bits per heavy atom. The Morgan fingerprint density at radius 2 is 0.846 bits per heavy atom. The SMILES string of the molecule is CC(=O)O.CC(=O)O.O=P(O)(O)O.OCCOCCOCCOCCO. The maximum Gasteiger partial charge on any atom is 0.466 e. The van der Waals surface area contributed by atoms with Crippen molar-refractivity contribution in [1.82, 2.24) is 0 Å². The maximum atomic E-state index is 9.00. The number of hydrogen-bond donors (Lipinski definition) is 7. The molecule has 160 valence electrons. The van der Waals surface area contributed by atoms with Crippen molar-refractivity contribution in [2.45, 2.75) is 13.8 Å². The van der Waals surface area contributed by atoms with Crippen LogP contribution >= 0.6 is 7.82 Å². The van der Waals surface area contributed by atoms with Gasteiger partial charge in [-0.25, -0.2) is 4.57 Å². The molecule has 7 N–H and O–H groups in total. The molecule has 0 aliphatic heterocycles. The third-order valence-electron chi connectivity index (χ3n) is 1.22. The molecule has 0 radical (unpaired) electrons. The molecule has 0 aromatic heterocycles. The lowest BCUT2D eigenvalue weighted by molar-refractivity contribution is -0.135. The van der Waals surface area contributed by atoms with Crippen LogP contribution in [0, 0.1) is 0 Å². The lowest BCUT2D eigenvalue weighted by atomic mass is 10.7.